The molecule has 21 heavy (non-hydrogen) atoms. The molecule has 0 aliphatic carbocycles. The van der Waals surface area contributed by atoms with E-state index in [-0.39, 0.29) is 18.3 Å². The van der Waals surface area contributed by atoms with Crippen LogP contribution in [0.1, 0.15) is 17.3 Å². The van der Waals surface area contributed by atoms with Crippen molar-refractivity contribution in [3.05, 3.63) is 59.1 Å². The Kier molecular flexibility index (Phi) is 4.95. The highest BCUT2D eigenvalue weighted by Gasteiger charge is 2.10. The number of ketones is 1. The fourth-order valence-electron chi connectivity index (χ4n) is 1.78. The molecule has 0 heterocycles. The molecule has 0 saturated carbocycles. The monoisotopic (exact) mass is 303 g/mol. The van der Waals surface area contributed by atoms with Crippen molar-refractivity contribution in [3.8, 4) is 5.75 Å². The molecule has 0 aromatic heterocycles. The Bertz CT molecular complexity index is 670. The Morgan fingerprint density at radius 1 is 1.10 bits per heavy atom. The van der Waals surface area contributed by atoms with E-state index >= 15 is 0 Å². The Labute approximate surface area is 127 Å². The van der Waals surface area contributed by atoms with E-state index in [4.69, 9.17) is 16.3 Å². The second kappa shape index (κ2) is 6.90. The summed E-state index contributed by atoms with van der Waals surface area (Å²) in [5.41, 5.74) is 0.968. The van der Waals surface area contributed by atoms with E-state index in [1.165, 1.54) is 6.92 Å². The van der Waals surface area contributed by atoms with E-state index in [0.29, 0.717) is 22.0 Å². The first kappa shape index (κ1) is 15.1. The SMILES string of the molecule is CC(=O)c1ccccc1OCC(=O)Nc1ccccc1Cl. The van der Waals surface area contributed by atoms with E-state index in [1.807, 2.05) is 0 Å². The second-order valence-electron chi connectivity index (χ2n) is 4.37. The van der Waals surface area contributed by atoms with Crippen molar-refractivity contribution in [2.45, 2.75) is 6.92 Å². The number of ether oxygens (including phenoxy) is 1. The smallest absolute Gasteiger partial charge is 0.262 e. The van der Waals surface area contributed by atoms with Crippen molar-refractivity contribution >= 4 is 29.0 Å². The van der Waals surface area contributed by atoms with Gasteiger partial charge in [-0.3, -0.25) is 9.59 Å². The molecule has 108 valence electrons. The van der Waals surface area contributed by atoms with Gasteiger partial charge in [0.05, 0.1) is 16.3 Å². The van der Waals surface area contributed by atoms with Crippen molar-refractivity contribution in [3.63, 3.8) is 0 Å². The van der Waals surface area contributed by atoms with Crippen LogP contribution in [-0.4, -0.2) is 18.3 Å². The van der Waals surface area contributed by atoms with Gasteiger partial charge in [-0.2, -0.15) is 0 Å². The first-order valence-electron chi connectivity index (χ1n) is 6.35. The minimum Gasteiger partial charge on any atom is -0.483 e. The maximum Gasteiger partial charge on any atom is 0.262 e. The van der Waals surface area contributed by atoms with Crippen LogP contribution >= 0.6 is 11.6 Å². The van der Waals surface area contributed by atoms with Crippen molar-refractivity contribution in [1.82, 2.24) is 0 Å². The molecule has 0 atom stereocenters. The van der Waals surface area contributed by atoms with Crippen LogP contribution in [0.15, 0.2) is 48.5 Å². The Morgan fingerprint density at radius 2 is 1.76 bits per heavy atom. The number of Topliss-reactive ketones (excluding diaryl/α,β-unsaturated/α-hetero) is 1. The number of carbonyl (C=O) groups excluding carboxylic acids is 2. The second-order valence-corrected chi connectivity index (χ2v) is 4.78. The lowest BCUT2D eigenvalue weighted by molar-refractivity contribution is -0.118. The number of amides is 1. The number of halogens is 1. The van der Waals surface area contributed by atoms with Crippen LogP contribution in [0, 0.1) is 0 Å². The van der Waals surface area contributed by atoms with Gasteiger partial charge in [0.25, 0.3) is 5.91 Å². The summed E-state index contributed by atoms with van der Waals surface area (Å²) in [6.07, 6.45) is 0. The zero-order valence-electron chi connectivity index (χ0n) is 11.4. The third kappa shape index (κ3) is 4.07. The molecule has 2 aromatic rings. The van der Waals surface area contributed by atoms with Crippen LogP contribution in [0.3, 0.4) is 0 Å². The molecular formula is C16H14ClNO3. The molecule has 5 heteroatoms. The van der Waals surface area contributed by atoms with Crippen molar-refractivity contribution in [2.24, 2.45) is 0 Å². The third-order valence-corrected chi connectivity index (χ3v) is 3.10. The lowest BCUT2D eigenvalue weighted by atomic mass is 10.1. The molecule has 0 aliphatic rings. The fraction of sp³-hybridized carbons (Fsp3) is 0.125. The summed E-state index contributed by atoms with van der Waals surface area (Å²) in [6, 6.07) is 13.7. The van der Waals surface area contributed by atoms with Gasteiger partial charge >= 0.3 is 0 Å². The molecule has 0 fully saturated rings. The predicted octanol–water partition coefficient (Wildman–Crippen LogP) is 3.56. The number of benzene rings is 2. The zero-order valence-corrected chi connectivity index (χ0v) is 12.2. The predicted molar refractivity (Wildman–Crippen MR) is 82.0 cm³/mol. The van der Waals surface area contributed by atoms with Crippen LogP contribution in [0.2, 0.25) is 5.02 Å². The van der Waals surface area contributed by atoms with Gasteiger partial charge in [-0.25, -0.2) is 0 Å². The number of nitrogens with one attached hydrogen (secondary N) is 1. The van der Waals surface area contributed by atoms with E-state index in [2.05, 4.69) is 5.32 Å². The summed E-state index contributed by atoms with van der Waals surface area (Å²) in [5.74, 6) is -0.0714. The lowest BCUT2D eigenvalue weighted by Gasteiger charge is -2.10. The van der Waals surface area contributed by atoms with Gasteiger partial charge in [0.15, 0.2) is 12.4 Å². The highest BCUT2D eigenvalue weighted by Crippen LogP contribution is 2.21. The van der Waals surface area contributed by atoms with Crippen LogP contribution in [0.25, 0.3) is 0 Å². The molecule has 0 radical (unpaired) electrons. The number of rotatable bonds is 5. The van der Waals surface area contributed by atoms with Crippen LogP contribution in [0.4, 0.5) is 5.69 Å². The summed E-state index contributed by atoms with van der Waals surface area (Å²) in [7, 11) is 0. The number of para-hydroxylation sites is 2. The summed E-state index contributed by atoms with van der Waals surface area (Å²) in [5, 5.41) is 3.10. The normalized spacial score (nSPS) is 10.0. The first-order chi connectivity index (χ1) is 10.1. The topological polar surface area (TPSA) is 55.4 Å². The number of anilines is 1. The molecule has 0 spiro atoms. The largest absolute Gasteiger partial charge is 0.483 e. The third-order valence-electron chi connectivity index (χ3n) is 2.77. The van der Waals surface area contributed by atoms with Gasteiger partial charge in [0.2, 0.25) is 0 Å². The summed E-state index contributed by atoms with van der Waals surface area (Å²) in [6.45, 7) is 1.25. The molecule has 4 nitrogen and oxygen atoms in total. The van der Waals surface area contributed by atoms with Gasteiger partial charge in [-0.1, -0.05) is 35.9 Å². The van der Waals surface area contributed by atoms with E-state index in [9.17, 15) is 9.59 Å². The Hall–Kier alpha value is -2.33. The van der Waals surface area contributed by atoms with Crippen molar-refractivity contribution < 1.29 is 14.3 Å². The Balaban J connectivity index is 1.99. The van der Waals surface area contributed by atoms with Crippen molar-refractivity contribution in [1.29, 1.82) is 0 Å². The molecule has 0 saturated heterocycles. The van der Waals surface area contributed by atoms with E-state index in [1.54, 1.807) is 48.5 Å². The number of hydrogen-bond acceptors (Lipinski definition) is 3. The van der Waals surface area contributed by atoms with Crippen LogP contribution in [0.5, 0.6) is 5.75 Å². The minimum atomic E-state index is -0.346. The molecule has 2 aromatic carbocycles. The van der Waals surface area contributed by atoms with Crippen LogP contribution in [-0.2, 0) is 4.79 Å². The summed E-state index contributed by atoms with van der Waals surface area (Å²) in [4.78, 5) is 23.3. The minimum absolute atomic E-state index is 0.114. The molecule has 0 aliphatic heterocycles. The Morgan fingerprint density at radius 3 is 2.48 bits per heavy atom. The highest BCUT2D eigenvalue weighted by atomic mass is 35.5. The molecule has 1 amide bonds. The summed E-state index contributed by atoms with van der Waals surface area (Å²) < 4.78 is 5.40. The molecule has 0 unspecified atom stereocenters. The van der Waals surface area contributed by atoms with Gasteiger partial charge in [0.1, 0.15) is 5.75 Å². The molecule has 1 N–H and O–H groups in total. The summed E-state index contributed by atoms with van der Waals surface area (Å²) >= 11 is 5.95. The van der Waals surface area contributed by atoms with Gasteiger partial charge in [-0.15, -0.1) is 0 Å². The van der Waals surface area contributed by atoms with Gasteiger partial charge < -0.3 is 10.1 Å². The zero-order chi connectivity index (χ0) is 15.2. The maximum atomic E-state index is 11.8. The highest BCUT2D eigenvalue weighted by molar-refractivity contribution is 6.33. The molecule has 2 rings (SSSR count). The van der Waals surface area contributed by atoms with E-state index < -0.39 is 0 Å². The number of carbonyl (C=O) groups is 2. The lowest BCUT2D eigenvalue weighted by Crippen LogP contribution is -2.20. The molecular weight excluding hydrogens is 290 g/mol. The van der Waals surface area contributed by atoms with Gasteiger partial charge in [-0.05, 0) is 31.2 Å². The van der Waals surface area contributed by atoms with E-state index in [0.717, 1.165) is 0 Å². The van der Waals surface area contributed by atoms with Crippen molar-refractivity contribution in [2.75, 3.05) is 11.9 Å². The maximum absolute atomic E-state index is 11.8. The average molecular weight is 304 g/mol. The van der Waals surface area contributed by atoms with Gasteiger partial charge in [0, 0.05) is 0 Å². The van der Waals surface area contributed by atoms with Crippen LogP contribution < -0.4 is 10.1 Å². The first-order valence-corrected chi connectivity index (χ1v) is 6.73. The fourth-order valence-corrected chi connectivity index (χ4v) is 1.96. The standard InChI is InChI=1S/C16H14ClNO3/c1-11(19)12-6-2-5-9-15(12)21-10-16(20)18-14-8-4-3-7-13(14)17/h2-9H,10H2,1H3,(H,18,20). The number of hydrogen-bond donors (Lipinski definition) is 1. The average Bonchev–Trinajstić information content (AvgIpc) is 2.48. The quantitative estimate of drug-likeness (QED) is 0.859. The molecule has 0 bridgehead atoms.